The second-order valence-electron chi connectivity index (χ2n) is 6.01. The highest BCUT2D eigenvalue weighted by molar-refractivity contribution is 14.1. The fourth-order valence-corrected chi connectivity index (χ4v) is 7.17. The van der Waals surface area contributed by atoms with Crippen molar-refractivity contribution >= 4 is 31.4 Å². The number of hydrogen-bond donors (Lipinski definition) is 0. The molecule has 0 saturated carbocycles. The summed E-state index contributed by atoms with van der Waals surface area (Å²) in [5.41, 5.74) is 0. The monoisotopic (exact) mass is 547 g/mol. The van der Waals surface area contributed by atoms with E-state index in [1.807, 2.05) is 4.90 Å². The summed E-state index contributed by atoms with van der Waals surface area (Å²) in [7, 11) is -4.00. The first kappa shape index (κ1) is 23.4. The second-order valence-corrected chi connectivity index (χ2v) is 11.5. The van der Waals surface area contributed by atoms with E-state index in [-0.39, 0.29) is 19.8 Å². The average molecular weight is 547 g/mol. The Balaban J connectivity index is 2.24. The van der Waals surface area contributed by atoms with Crippen molar-refractivity contribution in [3.05, 3.63) is 0 Å². The number of fused-ring (bicyclic) bond motifs is 6. The van der Waals surface area contributed by atoms with E-state index in [0.29, 0.717) is 19.6 Å². The predicted octanol–water partition coefficient (Wildman–Crippen LogP) is 3.51. The lowest BCUT2D eigenvalue weighted by Gasteiger charge is -2.41. The highest BCUT2D eigenvalue weighted by atomic mass is 127. The van der Waals surface area contributed by atoms with Crippen LogP contribution in [0.3, 0.4) is 0 Å². The quantitative estimate of drug-likeness (QED) is 0.228. The van der Waals surface area contributed by atoms with Gasteiger partial charge in [0.2, 0.25) is 0 Å². The first-order valence-corrected chi connectivity index (χ1v) is 10.7. The molecule has 0 aromatic rings. The highest BCUT2D eigenvalue weighted by Gasteiger charge is 2.82. The van der Waals surface area contributed by atoms with Crippen LogP contribution in [0.25, 0.3) is 0 Å². The third kappa shape index (κ3) is 4.36. The zero-order valence-corrected chi connectivity index (χ0v) is 16.6. The number of nitrogens with zero attached hydrogens (tertiary/aromatic N) is 1. The number of rotatable bonds is 5. The van der Waals surface area contributed by atoms with Crippen molar-refractivity contribution in [2.24, 2.45) is 0 Å². The molecule has 1 atom stereocenters. The van der Waals surface area contributed by atoms with Crippen molar-refractivity contribution < 1.29 is 52.8 Å². The van der Waals surface area contributed by atoms with Gasteiger partial charge in [-0.15, -0.1) is 0 Å². The Bertz CT molecular complexity index is 510. The van der Waals surface area contributed by atoms with Crippen LogP contribution in [0.4, 0.5) is 39.5 Å². The van der Waals surface area contributed by atoms with Crippen molar-refractivity contribution in [3.63, 3.8) is 0 Å². The van der Waals surface area contributed by atoms with E-state index < -0.39 is 42.7 Å². The first-order chi connectivity index (χ1) is 12.2. The number of alkyl halides is 10. The molecular weight excluding hydrogens is 532 g/mol. The molecule has 4 nitrogen and oxygen atoms in total. The molecular formula is C12H15F9INO3Si. The Morgan fingerprint density at radius 1 is 0.778 bits per heavy atom. The van der Waals surface area contributed by atoms with Crippen LogP contribution in [-0.2, 0) is 13.3 Å². The summed E-state index contributed by atoms with van der Waals surface area (Å²) >= 11 is 1.23. The van der Waals surface area contributed by atoms with Gasteiger partial charge in [-0.05, 0) is 0 Å². The average Bonchev–Trinajstić information content (AvgIpc) is 2.43. The summed E-state index contributed by atoms with van der Waals surface area (Å²) in [6, 6.07) is 0. The molecule has 2 bridgehead atoms. The Hall–Kier alpha value is 0.157. The summed E-state index contributed by atoms with van der Waals surface area (Å²) < 4.78 is 132. The minimum atomic E-state index is -6.91. The minimum Gasteiger partial charge on any atom is -0.371 e. The number of halogens is 10. The fraction of sp³-hybridized carbons (Fsp3) is 1.00. The van der Waals surface area contributed by atoms with Gasteiger partial charge in [-0.3, -0.25) is 4.90 Å². The molecule has 0 N–H and O–H groups in total. The molecule has 3 aliphatic heterocycles. The lowest BCUT2D eigenvalue weighted by molar-refractivity contribution is -0.396. The molecule has 0 spiro atoms. The molecule has 3 saturated heterocycles. The van der Waals surface area contributed by atoms with Crippen LogP contribution in [0.1, 0.15) is 6.42 Å². The fourth-order valence-electron chi connectivity index (χ4n) is 2.57. The maximum Gasteiger partial charge on any atom is 0.514 e. The summed E-state index contributed by atoms with van der Waals surface area (Å²) in [5.74, 6) is -19.3. The summed E-state index contributed by atoms with van der Waals surface area (Å²) in [6.45, 7) is 1.07. The van der Waals surface area contributed by atoms with E-state index in [1.165, 1.54) is 22.6 Å². The van der Waals surface area contributed by atoms with E-state index >= 15 is 0 Å². The second kappa shape index (κ2) is 7.77. The predicted molar refractivity (Wildman–Crippen MR) is 83.4 cm³/mol. The highest BCUT2D eigenvalue weighted by Crippen LogP contribution is 2.55. The molecule has 0 aliphatic carbocycles. The molecule has 27 heavy (non-hydrogen) atoms. The summed E-state index contributed by atoms with van der Waals surface area (Å²) in [5, 5.41) is 0. The summed E-state index contributed by atoms with van der Waals surface area (Å²) in [6.07, 6.45) is -8.87. The van der Waals surface area contributed by atoms with Crippen LogP contribution in [0.15, 0.2) is 0 Å². The van der Waals surface area contributed by atoms with Gasteiger partial charge in [0.1, 0.15) is 0 Å². The van der Waals surface area contributed by atoms with E-state index in [4.69, 9.17) is 13.3 Å². The Labute approximate surface area is 162 Å². The molecule has 0 radical (unpaired) electrons. The van der Waals surface area contributed by atoms with Gasteiger partial charge in [-0.25, -0.2) is 0 Å². The third-order valence-corrected chi connectivity index (χ3v) is 9.68. The molecule has 0 amide bonds. The van der Waals surface area contributed by atoms with Crippen molar-refractivity contribution in [2.45, 2.75) is 33.9 Å². The third-order valence-electron chi connectivity index (χ3n) is 4.16. The Kier molecular flexibility index (Phi) is 6.74. The smallest absolute Gasteiger partial charge is 0.371 e. The van der Waals surface area contributed by atoms with E-state index in [0.717, 1.165) is 0 Å². The van der Waals surface area contributed by atoms with E-state index in [1.54, 1.807) is 0 Å². The van der Waals surface area contributed by atoms with Crippen molar-refractivity contribution in [1.82, 2.24) is 4.90 Å². The van der Waals surface area contributed by atoms with Gasteiger partial charge in [0.25, 0.3) is 0 Å². The molecule has 3 rings (SSSR count). The van der Waals surface area contributed by atoms with Crippen LogP contribution in [0.2, 0.25) is 0 Å². The topological polar surface area (TPSA) is 30.9 Å². The van der Waals surface area contributed by atoms with Gasteiger partial charge in [-0.2, -0.15) is 39.5 Å². The molecule has 3 heterocycles. The largest absolute Gasteiger partial charge is 0.514 e. The van der Waals surface area contributed by atoms with E-state index in [9.17, 15) is 39.5 Å². The zero-order chi connectivity index (χ0) is 20.7. The van der Waals surface area contributed by atoms with Crippen LogP contribution >= 0.6 is 22.6 Å². The van der Waals surface area contributed by atoms with Gasteiger partial charge >= 0.3 is 32.7 Å². The van der Waals surface area contributed by atoms with Gasteiger partial charge in [0.15, 0.2) is 0 Å². The Morgan fingerprint density at radius 3 is 1.56 bits per heavy atom. The molecule has 15 heteroatoms. The van der Waals surface area contributed by atoms with Gasteiger partial charge < -0.3 is 13.3 Å². The molecule has 1 unspecified atom stereocenters. The normalized spacial score (nSPS) is 29.8. The standard InChI is InChI=1S/C12H15F9INO3Si/c13-9(14,10(15,16)11(17,18)12(19,20)21)7-8(22)27-24-4-1-23(2-5-25-27)3-6-26-27/h8H,1-7H2. The SMILES string of the molecule is FC(F)(F)C(F)(F)C(F)(F)C(F)(F)CC(I)[Si]12OCCN(CCO1)CCO2. The Morgan fingerprint density at radius 2 is 1.19 bits per heavy atom. The van der Waals surface area contributed by atoms with Gasteiger partial charge in [-0.1, -0.05) is 22.6 Å². The molecule has 0 aromatic carbocycles. The lowest BCUT2D eigenvalue weighted by atomic mass is 10.0. The van der Waals surface area contributed by atoms with Crippen molar-refractivity contribution in [3.8, 4) is 0 Å². The van der Waals surface area contributed by atoms with Gasteiger partial charge in [0.05, 0.1) is 23.4 Å². The number of hydrogen-bond acceptors (Lipinski definition) is 4. The molecule has 0 aromatic heterocycles. The molecule has 160 valence electrons. The van der Waals surface area contributed by atoms with Crippen LogP contribution in [0, 0.1) is 0 Å². The zero-order valence-electron chi connectivity index (χ0n) is 13.5. The maximum absolute atomic E-state index is 13.9. The molecule has 3 fully saturated rings. The van der Waals surface area contributed by atoms with Crippen LogP contribution < -0.4 is 0 Å². The maximum atomic E-state index is 13.9. The first-order valence-electron chi connectivity index (χ1n) is 7.65. The summed E-state index contributed by atoms with van der Waals surface area (Å²) in [4.78, 5) is 1.88. The lowest BCUT2D eigenvalue weighted by Crippen LogP contribution is -2.65. The minimum absolute atomic E-state index is 0.0353. The molecule has 3 aliphatic rings. The van der Waals surface area contributed by atoms with Crippen LogP contribution in [-0.4, -0.2) is 80.7 Å². The van der Waals surface area contributed by atoms with Gasteiger partial charge in [0, 0.05) is 26.1 Å². The van der Waals surface area contributed by atoms with Crippen LogP contribution in [0.5, 0.6) is 0 Å². The van der Waals surface area contributed by atoms with Crippen molar-refractivity contribution in [2.75, 3.05) is 39.5 Å². The van der Waals surface area contributed by atoms with E-state index in [2.05, 4.69) is 0 Å². The van der Waals surface area contributed by atoms with Crippen molar-refractivity contribution in [1.29, 1.82) is 0 Å².